The Labute approximate surface area is 182 Å². The van der Waals surface area contributed by atoms with Crippen LogP contribution in [0.3, 0.4) is 0 Å². The molecule has 0 aliphatic carbocycles. The van der Waals surface area contributed by atoms with Crippen LogP contribution in [-0.4, -0.2) is 19.6 Å². The lowest BCUT2D eigenvalue weighted by Crippen LogP contribution is -2.18. The van der Waals surface area contributed by atoms with E-state index in [9.17, 15) is 13.9 Å². The lowest BCUT2D eigenvalue weighted by Gasteiger charge is -2.18. The van der Waals surface area contributed by atoms with Crippen molar-refractivity contribution in [3.8, 4) is 33.8 Å². The molecule has 0 unspecified atom stereocenters. The molecule has 0 spiro atoms. The van der Waals surface area contributed by atoms with Crippen molar-refractivity contribution in [1.82, 2.24) is 14.5 Å². The molecule has 0 aliphatic rings. The van der Waals surface area contributed by atoms with Gasteiger partial charge in [0.25, 0.3) is 0 Å². The van der Waals surface area contributed by atoms with Gasteiger partial charge in [-0.05, 0) is 38.1 Å². The molecular weight excluding hydrogens is 412 g/mol. The van der Waals surface area contributed by atoms with E-state index in [0.29, 0.717) is 17.0 Å². The number of nitrogens with zero attached hydrogens (tertiary/aromatic N) is 3. The Morgan fingerprint density at radius 3 is 2.50 bits per heavy atom. The van der Waals surface area contributed by atoms with Gasteiger partial charge in [0.05, 0.1) is 23.1 Å². The Morgan fingerprint density at radius 1 is 0.969 bits per heavy atom. The number of hydrogen-bond donors (Lipinski definition) is 1. The summed E-state index contributed by atoms with van der Waals surface area (Å²) in [5.41, 5.74) is 1.78. The fourth-order valence-electron chi connectivity index (χ4n) is 3.72. The normalized spacial score (nSPS) is 11.9. The maximum absolute atomic E-state index is 14.9. The number of aliphatic hydroxyl groups is 1. The van der Waals surface area contributed by atoms with Gasteiger partial charge in [-0.3, -0.25) is 4.40 Å². The first-order chi connectivity index (χ1) is 15.3. The van der Waals surface area contributed by atoms with Gasteiger partial charge in [-0.1, -0.05) is 35.5 Å². The number of hydrogen-bond acceptors (Lipinski definition) is 4. The second-order valence-corrected chi connectivity index (χ2v) is 8.08. The topological polar surface area (TPSA) is 63.6 Å². The molecule has 0 bridgehead atoms. The second-order valence-electron chi connectivity index (χ2n) is 8.08. The van der Waals surface area contributed by atoms with Crippen molar-refractivity contribution < 1.29 is 18.4 Å². The van der Waals surface area contributed by atoms with Crippen LogP contribution in [0.4, 0.5) is 8.78 Å². The van der Waals surface area contributed by atoms with Crippen LogP contribution in [0.15, 0.2) is 77.6 Å². The van der Waals surface area contributed by atoms with Gasteiger partial charge >= 0.3 is 0 Å². The lowest BCUT2D eigenvalue weighted by molar-refractivity contribution is 0.0746. The van der Waals surface area contributed by atoms with Gasteiger partial charge in [0.15, 0.2) is 17.2 Å². The zero-order chi connectivity index (χ0) is 22.5. The molecule has 0 amide bonds. The number of imidazole rings is 1. The van der Waals surface area contributed by atoms with Crippen LogP contribution in [0.25, 0.3) is 39.5 Å². The maximum Gasteiger partial charge on any atom is 0.174 e. The van der Waals surface area contributed by atoms with Crippen molar-refractivity contribution in [2.24, 2.45) is 0 Å². The standard InChI is InChI=1S/C25H19F2N3O2/c1-25(2,31)18-10-11-30-21(14-28-24(30)23(18)27)16-8-9-19(26)17(12-16)22-13-20(29-32-22)15-6-4-3-5-7-15/h3-14,31H,1-2H3. The van der Waals surface area contributed by atoms with Gasteiger partial charge in [-0.25, -0.2) is 13.8 Å². The molecule has 0 fully saturated rings. The predicted octanol–water partition coefficient (Wildman–Crippen LogP) is 5.83. The van der Waals surface area contributed by atoms with E-state index in [1.165, 1.54) is 32.2 Å². The third kappa shape index (κ3) is 3.36. The molecule has 32 heavy (non-hydrogen) atoms. The smallest absolute Gasteiger partial charge is 0.174 e. The van der Waals surface area contributed by atoms with Crippen LogP contribution in [0.2, 0.25) is 0 Å². The zero-order valence-corrected chi connectivity index (χ0v) is 17.4. The molecule has 5 aromatic rings. The van der Waals surface area contributed by atoms with Crippen LogP contribution in [0, 0.1) is 11.6 Å². The van der Waals surface area contributed by atoms with E-state index in [2.05, 4.69) is 10.1 Å². The third-order valence-electron chi connectivity index (χ3n) is 5.39. The summed E-state index contributed by atoms with van der Waals surface area (Å²) in [6, 6.07) is 17.2. The molecular formula is C25H19F2N3O2. The van der Waals surface area contributed by atoms with Crippen LogP contribution in [-0.2, 0) is 5.60 Å². The second kappa shape index (κ2) is 7.39. The first kappa shape index (κ1) is 20.1. The predicted molar refractivity (Wildman–Crippen MR) is 117 cm³/mol. The zero-order valence-electron chi connectivity index (χ0n) is 17.4. The summed E-state index contributed by atoms with van der Waals surface area (Å²) >= 11 is 0. The molecule has 0 aliphatic heterocycles. The highest BCUT2D eigenvalue weighted by Gasteiger charge is 2.24. The first-order valence-corrected chi connectivity index (χ1v) is 10.0. The molecule has 0 radical (unpaired) electrons. The number of halogens is 2. The average molecular weight is 431 g/mol. The van der Waals surface area contributed by atoms with Gasteiger partial charge < -0.3 is 9.63 Å². The van der Waals surface area contributed by atoms with Crippen molar-refractivity contribution in [1.29, 1.82) is 0 Å². The van der Waals surface area contributed by atoms with E-state index in [4.69, 9.17) is 4.52 Å². The number of rotatable bonds is 4. The monoisotopic (exact) mass is 431 g/mol. The molecule has 5 rings (SSSR count). The number of fused-ring (bicyclic) bond motifs is 1. The molecule has 0 atom stereocenters. The largest absolute Gasteiger partial charge is 0.386 e. The molecule has 3 heterocycles. The van der Waals surface area contributed by atoms with Gasteiger partial charge in [0.1, 0.15) is 11.5 Å². The van der Waals surface area contributed by atoms with Crippen molar-refractivity contribution in [2.75, 3.05) is 0 Å². The molecule has 0 saturated carbocycles. The van der Waals surface area contributed by atoms with Crippen molar-refractivity contribution >= 4 is 5.65 Å². The molecule has 7 heteroatoms. The van der Waals surface area contributed by atoms with Crippen LogP contribution < -0.4 is 0 Å². The summed E-state index contributed by atoms with van der Waals surface area (Å²) in [4.78, 5) is 4.18. The first-order valence-electron chi connectivity index (χ1n) is 10.0. The fourth-order valence-corrected chi connectivity index (χ4v) is 3.72. The van der Waals surface area contributed by atoms with E-state index in [1.54, 1.807) is 28.8 Å². The highest BCUT2D eigenvalue weighted by Crippen LogP contribution is 2.33. The minimum Gasteiger partial charge on any atom is -0.386 e. The van der Waals surface area contributed by atoms with E-state index < -0.39 is 17.2 Å². The van der Waals surface area contributed by atoms with E-state index in [0.717, 1.165) is 5.56 Å². The summed E-state index contributed by atoms with van der Waals surface area (Å²) in [6.45, 7) is 3.03. The van der Waals surface area contributed by atoms with Crippen molar-refractivity contribution in [3.63, 3.8) is 0 Å². The molecule has 0 saturated heterocycles. The summed E-state index contributed by atoms with van der Waals surface area (Å²) in [7, 11) is 0. The van der Waals surface area contributed by atoms with E-state index in [1.807, 2.05) is 30.3 Å². The van der Waals surface area contributed by atoms with Crippen molar-refractivity contribution in [2.45, 2.75) is 19.4 Å². The Hall–Kier alpha value is -3.84. The summed E-state index contributed by atoms with van der Waals surface area (Å²) < 4.78 is 36.6. The third-order valence-corrected chi connectivity index (χ3v) is 5.39. The van der Waals surface area contributed by atoms with Gasteiger partial charge in [0, 0.05) is 29.0 Å². The SMILES string of the molecule is CC(C)(O)c1ccn2c(-c3ccc(F)c(-c4cc(-c5ccccc5)no4)c3)cnc2c1F. The van der Waals surface area contributed by atoms with Crippen LogP contribution >= 0.6 is 0 Å². The molecule has 5 nitrogen and oxygen atoms in total. The van der Waals surface area contributed by atoms with E-state index >= 15 is 0 Å². The number of benzene rings is 2. The van der Waals surface area contributed by atoms with Gasteiger partial charge in [-0.15, -0.1) is 0 Å². The molecule has 3 aromatic heterocycles. The highest BCUT2D eigenvalue weighted by molar-refractivity contribution is 5.73. The Morgan fingerprint density at radius 2 is 1.75 bits per heavy atom. The molecule has 1 N–H and O–H groups in total. The molecule has 160 valence electrons. The van der Waals surface area contributed by atoms with E-state index in [-0.39, 0.29) is 22.5 Å². The number of aromatic nitrogens is 3. The highest BCUT2D eigenvalue weighted by atomic mass is 19.1. The average Bonchev–Trinajstić information content (AvgIpc) is 3.42. The van der Waals surface area contributed by atoms with Crippen molar-refractivity contribution in [3.05, 3.63) is 90.3 Å². The maximum atomic E-state index is 14.9. The summed E-state index contributed by atoms with van der Waals surface area (Å²) in [6.07, 6.45) is 3.15. The minimum atomic E-state index is -1.34. The number of pyridine rings is 1. The van der Waals surface area contributed by atoms with Gasteiger partial charge in [-0.2, -0.15) is 0 Å². The van der Waals surface area contributed by atoms with Crippen LogP contribution in [0.1, 0.15) is 19.4 Å². The summed E-state index contributed by atoms with van der Waals surface area (Å²) in [5, 5.41) is 14.3. The Bertz CT molecular complexity index is 1430. The summed E-state index contributed by atoms with van der Waals surface area (Å²) in [5.74, 6) is -0.780. The van der Waals surface area contributed by atoms with Gasteiger partial charge in [0.2, 0.25) is 0 Å². The Kier molecular flexibility index (Phi) is 4.64. The fraction of sp³-hybridized carbons (Fsp3) is 0.120. The Balaban J connectivity index is 1.59. The molecule has 2 aromatic carbocycles. The van der Waals surface area contributed by atoms with Crippen LogP contribution in [0.5, 0.6) is 0 Å². The lowest BCUT2D eigenvalue weighted by atomic mass is 9.99. The quantitative estimate of drug-likeness (QED) is 0.389. The minimum absolute atomic E-state index is 0.0801.